The van der Waals surface area contributed by atoms with Gasteiger partial charge in [0.25, 0.3) is 0 Å². The van der Waals surface area contributed by atoms with Crippen molar-refractivity contribution in [2.75, 3.05) is 26.2 Å². The quantitative estimate of drug-likeness (QED) is 0.848. The molecule has 0 radical (unpaired) electrons. The van der Waals surface area contributed by atoms with E-state index >= 15 is 0 Å². The van der Waals surface area contributed by atoms with Crippen LogP contribution in [0.15, 0.2) is 17.5 Å². The molecule has 0 amide bonds. The number of hydrogen-bond acceptors (Lipinski definition) is 4. The van der Waals surface area contributed by atoms with Crippen LogP contribution in [0, 0.1) is 0 Å². The summed E-state index contributed by atoms with van der Waals surface area (Å²) in [4.78, 5) is 3.80. The molecule has 1 aromatic heterocycles. The Bertz CT molecular complexity index is 289. The molecule has 3 nitrogen and oxygen atoms in total. The molecule has 2 rings (SSSR count). The minimum atomic E-state index is 0.327. The van der Waals surface area contributed by atoms with Gasteiger partial charge in [0.05, 0.1) is 18.8 Å². The highest BCUT2D eigenvalue weighted by atomic mass is 32.1. The number of thiophene rings is 1. The Morgan fingerprint density at radius 1 is 1.73 bits per heavy atom. The Labute approximate surface area is 94.8 Å². The van der Waals surface area contributed by atoms with E-state index in [2.05, 4.69) is 29.3 Å². The number of ether oxygens (including phenoxy) is 1. The molecule has 1 aliphatic heterocycles. The molecule has 0 aliphatic carbocycles. The van der Waals surface area contributed by atoms with Crippen LogP contribution in [-0.2, 0) is 4.74 Å². The number of nitrogens with zero attached hydrogens (tertiary/aromatic N) is 1. The van der Waals surface area contributed by atoms with Crippen LogP contribution in [0.1, 0.15) is 17.8 Å². The molecule has 0 unspecified atom stereocenters. The summed E-state index contributed by atoms with van der Waals surface area (Å²) in [5.41, 5.74) is 5.86. The van der Waals surface area contributed by atoms with E-state index in [9.17, 15) is 0 Å². The van der Waals surface area contributed by atoms with Gasteiger partial charge in [0, 0.05) is 24.5 Å². The molecule has 2 heterocycles. The molecule has 0 bridgehead atoms. The molecule has 1 aliphatic rings. The van der Waals surface area contributed by atoms with E-state index in [1.54, 1.807) is 11.3 Å². The Kier molecular flexibility index (Phi) is 3.75. The van der Waals surface area contributed by atoms with Gasteiger partial charge in [-0.1, -0.05) is 6.07 Å². The zero-order valence-corrected chi connectivity index (χ0v) is 9.87. The van der Waals surface area contributed by atoms with Crippen molar-refractivity contribution in [3.05, 3.63) is 22.4 Å². The minimum absolute atomic E-state index is 0.327. The summed E-state index contributed by atoms with van der Waals surface area (Å²) in [6, 6.07) is 4.63. The van der Waals surface area contributed by atoms with Crippen LogP contribution in [0.2, 0.25) is 0 Å². The first-order valence-electron chi connectivity index (χ1n) is 5.40. The number of nitrogens with two attached hydrogens (primary N) is 1. The molecule has 15 heavy (non-hydrogen) atoms. The van der Waals surface area contributed by atoms with E-state index in [1.165, 1.54) is 4.88 Å². The van der Waals surface area contributed by atoms with Crippen molar-refractivity contribution in [3.8, 4) is 0 Å². The average Bonchev–Trinajstić information content (AvgIpc) is 2.72. The van der Waals surface area contributed by atoms with Crippen molar-refractivity contribution < 1.29 is 4.74 Å². The van der Waals surface area contributed by atoms with E-state index < -0.39 is 0 Å². The van der Waals surface area contributed by atoms with Crippen molar-refractivity contribution in [1.29, 1.82) is 0 Å². The first kappa shape index (κ1) is 11.1. The van der Waals surface area contributed by atoms with Gasteiger partial charge < -0.3 is 10.5 Å². The fourth-order valence-electron chi connectivity index (χ4n) is 2.05. The number of hydrogen-bond donors (Lipinski definition) is 1. The van der Waals surface area contributed by atoms with E-state index in [0.717, 1.165) is 19.7 Å². The minimum Gasteiger partial charge on any atom is -0.376 e. The second kappa shape index (κ2) is 5.07. The lowest BCUT2D eigenvalue weighted by Crippen LogP contribution is -2.44. The summed E-state index contributed by atoms with van der Waals surface area (Å²) in [6.07, 6.45) is 0.327. The standard InChI is InChI=1S/C11H18N2OS/c1-9-8-13(4-5-14-9)10(7-12)11-3-2-6-15-11/h2-3,6,9-10H,4-5,7-8,12H2,1H3/t9-,10-/m0/s1. The van der Waals surface area contributed by atoms with Crippen LogP contribution < -0.4 is 5.73 Å². The monoisotopic (exact) mass is 226 g/mol. The molecular weight excluding hydrogens is 208 g/mol. The summed E-state index contributed by atoms with van der Waals surface area (Å²) >= 11 is 1.79. The average molecular weight is 226 g/mol. The molecule has 1 saturated heterocycles. The van der Waals surface area contributed by atoms with Crippen molar-refractivity contribution in [3.63, 3.8) is 0 Å². The Morgan fingerprint density at radius 2 is 2.60 bits per heavy atom. The molecule has 0 saturated carbocycles. The van der Waals surface area contributed by atoms with Crippen LogP contribution in [-0.4, -0.2) is 37.2 Å². The van der Waals surface area contributed by atoms with Crippen LogP contribution in [0.4, 0.5) is 0 Å². The third-order valence-corrected chi connectivity index (χ3v) is 3.78. The van der Waals surface area contributed by atoms with Crippen molar-refractivity contribution in [2.45, 2.75) is 19.1 Å². The normalized spacial score (nSPS) is 25.3. The van der Waals surface area contributed by atoms with Gasteiger partial charge in [0.2, 0.25) is 0 Å². The van der Waals surface area contributed by atoms with Gasteiger partial charge in [-0.2, -0.15) is 0 Å². The summed E-state index contributed by atoms with van der Waals surface area (Å²) in [5.74, 6) is 0. The molecule has 1 fully saturated rings. The summed E-state index contributed by atoms with van der Waals surface area (Å²) in [6.45, 7) is 5.61. The maximum atomic E-state index is 5.86. The summed E-state index contributed by atoms with van der Waals surface area (Å²) in [5, 5.41) is 2.11. The van der Waals surface area contributed by atoms with Gasteiger partial charge in [0.15, 0.2) is 0 Å². The van der Waals surface area contributed by atoms with Crippen LogP contribution in [0.3, 0.4) is 0 Å². The largest absolute Gasteiger partial charge is 0.376 e. The van der Waals surface area contributed by atoms with E-state index in [-0.39, 0.29) is 0 Å². The lowest BCUT2D eigenvalue weighted by molar-refractivity contribution is -0.0328. The fourth-order valence-corrected chi connectivity index (χ4v) is 2.93. The summed E-state index contributed by atoms with van der Waals surface area (Å²) in [7, 11) is 0. The van der Waals surface area contributed by atoms with Crippen molar-refractivity contribution in [1.82, 2.24) is 4.90 Å². The number of rotatable bonds is 3. The zero-order valence-electron chi connectivity index (χ0n) is 9.06. The lowest BCUT2D eigenvalue weighted by Gasteiger charge is -2.36. The van der Waals surface area contributed by atoms with Gasteiger partial charge >= 0.3 is 0 Å². The van der Waals surface area contributed by atoms with Gasteiger partial charge in [0.1, 0.15) is 0 Å². The molecule has 2 atom stereocenters. The fraction of sp³-hybridized carbons (Fsp3) is 0.636. The SMILES string of the molecule is C[C@H]1CN([C@@H](CN)c2cccs2)CCO1. The van der Waals surface area contributed by atoms with E-state index in [1.807, 2.05) is 0 Å². The third-order valence-electron chi connectivity index (χ3n) is 2.81. The van der Waals surface area contributed by atoms with E-state index in [0.29, 0.717) is 18.7 Å². The van der Waals surface area contributed by atoms with Crippen molar-refractivity contribution >= 4 is 11.3 Å². The second-order valence-corrected chi connectivity index (χ2v) is 4.92. The molecule has 0 spiro atoms. The zero-order chi connectivity index (χ0) is 10.7. The molecule has 4 heteroatoms. The molecule has 1 aromatic rings. The first-order valence-corrected chi connectivity index (χ1v) is 6.28. The molecule has 84 valence electrons. The maximum Gasteiger partial charge on any atom is 0.0674 e. The highest BCUT2D eigenvalue weighted by molar-refractivity contribution is 7.10. The van der Waals surface area contributed by atoms with E-state index in [4.69, 9.17) is 10.5 Å². The number of morpholine rings is 1. The van der Waals surface area contributed by atoms with Crippen LogP contribution >= 0.6 is 11.3 Å². The maximum absolute atomic E-state index is 5.86. The Hall–Kier alpha value is -0.420. The highest BCUT2D eigenvalue weighted by Gasteiger charge is 2.24. The van der Waals surface area contributed by atoms with Gasteiger partial charge in [-0.25, -0.2) is 0 Å². The van der Waals surface area contributed by atoms with Gasteiger partial charge in [-0.05, 0) is 18.4 Å². The Balaban J connectivity index is 2.06. The topological polar surface area (TPSA) is 38.5 Å². The highest BCUT2D eigenvalue weighted by Crippen LogP contribution is 2.25. The van der Waals surface area contributed by atoms with Crippen LogP contribution in [0.25, 0.3) is 0 Å². The van der Waals surface area contributed by atoms with Gasteiger partial charge in [-0.3, -0.25) is 4.90 Å². The Morgan fingerprint density at radius 3 is 3.20 bits per heavy atom. The second-order valence-electron chi connectivity index (χ2n) is 3.94. The third kappa shape index (κ3) is 2.58. The van der Waals surface area contributed by atoms with Gasteiger partial charge in [-0.15, -0.1) is 11.3 Å². The lowest BCUT2D eigenvalue weighted by atomic mass is 10.1. The molecular formula is C11H18N2OS. The van der Waals surface area contributed by atoms with Crippen LogP contribution in [0.5, 0.6) is 0 Å². The van der Waals surface area contributed by atoms with Crippen molar-refractivity contribution in [2.24, 2.45) is 5.73 Å². The molecule has 0 aromatic carbocycles. The predicted molar refractivity (Wildman–Crippen MR) is 63.1 cm³/mol. The predicted octanol–water partition coefficient (Wildman–Crippen LogP) is 1.47. The summed E-state index contributed by atoms with van der Waals surface area (Å²) < 4.78 is 5.54. The first-order chi connectivity index (χ1) is 7.31. The molecule has 2 N–H and O–H groups in total. The smallest absolute Gasteiger partial charge is 0.0674 e.